The predicted molar refractivity (Wildman–Crippen MR) is 131 cm³/mol. The van der Waals surface area contributed by atoms with Gasteiger partial charge in [0.05, 0.1) is 6.54 Å². The summed E-state index contributed by atoms with van der Waals surface area (Å²) in [5, 5.41) is 6.38. The van der Waals surface area contributed by atoms with Crippen LogP contribution < -0.4 is 10.6 Å². The Morgan fingerprint density at radius 3 is 2.50 bits per heavy atom. The molecule has 2 N–H and O–H groups in total. The number of halogens is 2. The number of guanidine groups is 1. The lowest BCUT2D eigenvalue weighted by Gasteiger charge is -2.25. The zero-order chi connectivity index (χ0) is 20.9. The number of rotatable bonds is 6. The molecular weight excluding hydrogens is 538 g/mol. The summed E-state index contributed by atoms with van der Waals surface area (Å²) in [5.41, 5.74) is 1.56. The van der Waals surface area contributed by atoms with Crippen LogP contribution in [-0.2, 0) is 23.1 Å². The van der Waals surface area contributed by atoms with E-state index in [4.69, 9.17) is 0 Å². The molecule has 1 aromatic heterocycles. The Morgan fingerprint density at radius 2 is 1.83 bits per heavy atom. The SMILES string of the molecule is CN=C(NCc1ccc(F)c(C)c1)NCc1ccc(S(=O)(=O)N2CCCCC2)s1.I. The fourth-order valence-electron chi connectivity index (χ4n) is 3.22. The summed E-state index contributed by atoms with van der Waals surface area (Å²) in [6, 6.07) is 8.51. The van der Waals surface area contributed by atoms with E-state index in [0.717, 1.165) is 29.7 Å². The van der Waals surface area contributed by atoms with Gasteiger partial charge in [0.15, 0.2) is 5.96 Å². The normalized spacial score (nSPS) is 15.5. The second kappa shape index (κ2) is 11.4. The average molecular weight is 567 g/mol. The number of hydrogen-bond donors (Lipinski definition) is 2. The van der Waals surface area contributed by atoms with Gasteiger partial charge in [0, 0.05) is 31.6 Å². The molecule has 1 saturated heterocycles. The Kier molecular flexibility index (Phi) is 9.51. The number of piperidine rings is 1. The maximum atomic E-state index is 13.4. The van der Waals surface area contributed by atoms with Gasteiger partial charge in [-0.15, -0.1) is 35.3 Å². The molecule has 30 heavy (non-hydrogen) atoms. The maximum Gasteiger partial charge on any atom is 0.252 e. The van der Waals surface area contributed by atoms with Crippen molar-refractivity contribution in [1.29, 1.82) is 0 Å². The van der Waals surface area contributed by atoms with Gasteiger partial charge in [0.2, 0.25) is 0 Å². The minimum Gasteiger partial charge on any atom is -0.352 e. The van der Waals surface area contributed by atoms with Crippen molar-refractivity contribution in [1.82, 2.24) is 14.9 Å². The average Bonchev–Trinajstić information content (AvgIpc) is 3.21. The molecule has 0 radical (unpaired) electrons. The third-order valence-corrected chi connectivity index (χ3v) is 8.33. The highest BCUT2D eigenvalue weighted by atomic mass is 127. The fourth-order valence-corrected chi connectivity index (χ4v) is 6.19. The molecule has 0 aliphatic carbocycles. The topological polar surface area (TPSA) is 73.8 Å². The Bertz CT molecular complexity index is 973. The van der Waals surface area contributed by atoms with E-state index in [2.05, 4.69) is 15.6 Å². The Morgan fingerprint density at radius 1 is 1.13 bits per heavy atom. The monoisotopic (exact) mass is 566 g/mol. The highest BCUT2D eigenvalue weighted by Gasteiger charge is 2.27. The molecule has 0 bridgehead atoms. The highest BCUT2D eigenvalue weighted by molar-refractivity contribution is 14.0. The van der Waals surface area contributed by atoms with Crippen molar-refractivity contribution in [3.05, 3.63) is 52.2 Å². The number of aryl methyl sites for hydroxylation is 1. The summed E-state index contributed by atoms with van der Waals surface area (Å²) in [4.78, 5) is 5.10. The second-order valence-corrected chi connectivity index (χ2v) is 10.4. The molecule has 166 valence electrons. The molecule has 1 aromatic carbocycles. The molecule has 6 nitrogen and oxygen atoms in total. The molecule has 0 atom stereocenters. The van der Waals surface area contributed by atoms with E-state index in [9.17, 15) is 12.8 Å². The smallest absolute Gasteiger partial charge is 0.252 e. The minimum absolute atomic E-state index is 0. The van der Waals surface area contributed by atoms with E-state index in [1.807, 2.05) is 6.07 Å². The Labute approximate surface area is 199 Å². The van der Waals surface area contributed by atoms with E-state index in [0.29, 0.717) is 41.9 Å². The zero-order valence-corrected chi connectivity index (χ0v) is 21.1. The number of hydrogen-bond acceptors (Lipinski definition) is 4. The van der Waals surface area contributed by atoms with Crippen LogP contribution in [-0.4, -0.2) is 38.8 Å². The molecule has 2 aromatic rings. The van der Waals surface area contributed by atoms with Gasteiger partial charge < -0.3 is 10.6 Å². The number of aliphatic imine (C=N–C) groups is 1. The largest absolute Gasteiger partial charge is 0.352 e. The van der Waals surface area contributed by atoms with Gasteiger partial charge in [-0.2, -0.15) is 4.31 Å². The molecule has 0 spiro atoms. The van der Waals surface area contributed by atoms with Gasteiger partial charge >= 0.3 is 0 Å². The van der Waals surface area contributed by atoms with E-state index >= 15 is 0 Å². The van der Waals surface area contributed by atoms with Gasteiger partial charge in [0.1, 0.15) is 10.0 Å². The number of sulfonamides is 1. The predicted octanol–water partition coefficient (Wildman–Crippen LogP) is 3.85. The summed E-state index contributed by atoms with van der Waals surface area (Å²) in [6.45, 7) is 3.93. The highest BCUT2D eigenvalue weighted by Crippen LogP contribution is 2.27. The number of thiophene rings is 1. The standard InChI is InChI=1S/C20H27FN4O2S2.HI/c1-15-12-16(6-8-18(15)21)13-23-20(22-2)24-14-17-7-9-19(28-17)29(26,27)25-10-4-3-5-11-25;/h6-9,12H,3-5,10-11,13-14H2,1-2H3,(H2,22,23,24);1H. The van der Waals surface area contributed by atoms with Crippen molar-refractivity contribution < 1.29 is 12.8 Å². The van der Waals surface area contributed by atoms with Crippen LogP contribution in [0.1, 0.15) is 35.3 Å². The van der Waals surface area contributed by atoms with E-state index in [1.54, 1.807) is 36.5 Å². The Hall–Kier alpha value is -1.24. The van der Waals surface area contributed by atoms with Crippen LogP contribution in [0.5, 0.6) is 0 Å². The van der Waals surface area contributed by atoms with Crippen molar-refractivity contribution in [3.63, 3.8) is 0 Å². The van der Waals surface area contributed by atoms with E-state index in [-0.39, 0.29) is 29.8 Å². The molecule has 0 amide bonds. The van der Waals surface area contributed by atoms with Gasteiger partial charge in [0.25, 0.3) is 10.0 Å². The number of nitrogens with zero attached hydrogens (tertiary/aromatic N) is 2. The molecule has 10 heteroatoms. The molecule has 1 aliphatic rings. The summed E-state index contributed by atoms with van der Waals surface area (Å²) < 4.78 is 40.9. The molecule has 0 saturated carbocycles. The Balaban J connectivity index is 0.00000320. The first kappa shape index (κ1) is 25.0. The maximum absolute atomic E-state index is 13.4. The van der Waals surface area contributed by atoms with Crippen molar-refractivity contribution in [2.24, 2.45) is 4.99 Å². The summed E-state index contributed by atoms with van der Waals surface area (Å²) in [5.74, 6) is 0.380. The minimum atomic E-state index is -3.39. The van der Waals surface area contributed by atoms with Crippen LogP contribution in [0.4, 0.5) is 4.39 Å². The first-order chi connectivity index (χ1) is 13.9. The first-order valence-corrected chi connectivity index (χ1v) is 11.9. The van der Waals surface area contributed by atoms with Crippen LogP contribution in [0.2, 0.25) is 0 Å². The van der Waals surface area contributed by atoms with E-state index < -0.39 is 10.0 Å². The summed E-state index contributed by atoms with van der Waals surface area (Å²) in [6.07, 6.45) is 2.94. The molecule has 1 fully saturated rings. The first-order valence-electron chi connectivity index (χ1n) is 9.68. The summed E-state index contributed by atoms with van der Waals surface area (Å²) >= 11 is 1.29. The van der Waals surface area contributed by atoms with Crippen LogP contribution >= 0.6 is 35.3 Å². The zero-order valence-electron chi connectivity index (χ0n) is 17.2. The van der Waals surface area contributed by atoms with Gasteiger partial charge in [-0.25, -0.2) is 12.8 Å². The molecular formula is C20H28FIN4O2S2. The van der Waals surface area contributed by atoms with Crippen molar-refractivity contribution in [2.75, 3.05) is 20.1 Å². The van der Waals surface area contributed by atoms with Gasteiger partial charge in [-0.3, -0.25) is 4.99 Å². The molecule has 3 rings (SSSR count). The van der Waals surface area contributed by atoms with Crippen molar-refractivity contribution >= 4 is 51.3 Å². The lowest BCUT2D eigenvalue weighted by Crippen LogP contribution is -2.36. The number of nitrogens with one attached hydrogen (secondary N) is 2. The third-order valence-electron chi connectivity index (χ3n) is 4.88. The third kappa shape index (κ3) is 6.38. The number of benzene rings is 1. The molecule has 2 heterocycles. The lowest BCUT2D eigenvalue weighted by atomic mass is 10.1. The molecule has 0 unspecified atom stereocenters. The quantitative estimate of drug-likeness (QED) is 0.317. The second-order valence-electron chi connectivity index (χ2n) is 7.05. The van der Waals surface area contributed by atoms with Crippen LogP contribution in [0.3, 0.4) is 0 Å². The van der Waals surface area contributed by atoms with Crippen LogP contribution in [0, 0.1) is 12.7 Å². The van der Waals surface area contributed by atoms with Gasteiger partial charge in [-0.05, 0) is 49.1 Å². The van der Waals surface area contributed by atoms with Crippen molar-refractivity contribution in [3.8, 4) is 0 Å². The van der Waals surface area contributed by atoms with E-state index in [1.165, 1.54) is 17.4 Å². The van der Waals surface area contributed by atoms with Gasteiger partial charge in [-0.1, -0.05) is 18.6 Å². The lowest BCUT2D eigenvalue weighted by molar-refractivity contribution is 0.347. The fraction of sp³-hybridized carbons (Fsp3) is 0.450. The summed E-state index contributed by atoms with van der Waals surface area (Å²) in [7, 11) is -1.72. The van der Waals surface area contributed by atoms with Crippen LogP contribution in [0.15, 0.2) is 39.5 Å². The van der Waals surface area contributed by atoms with Crippen molar-refractivity contribution in [2.45, 2.75) is 43.5 Å². The molecule has 1 aliphatic heterocycles. The van der Waals surface area contributed by atoms with Crippen LogP contribution in [0.25, 0.3) is 0 Å².